The molecule has 0 aliphatic carbocycles. The van der Waals surface area contributed by atoms with Crippen molar-refractivity contribution in [3.63, 3.8) is 0 Å². The Balaban J connectivity index is 1.89. The zero-order valence-electron chi connectivity index (χ0n) is 14.4. The van der Waals surface area contributed by atoms with Crippen LogP contribution in [-0.4, -0.2) is 37.3 Å². The Morgan fingerprint density at radius 3 is 2.58 bits per heavy atom. The van der Waals surface area contributed by atoms with E-state index in [4.69, 9.17) is 17.3 Å². The van der Waals surface area contributed by atoms with Crippen molar-refractivity contribution in [3.8, 4) is 5.69 Å². The van der Waals surface area contributed by atoms with Crippen LogP contribution in [0, 0.1) is 0 Å². The first-order valence-corrected chi connectivity index (χ1v) is 9.34. The minimum atomic E-state index is -1.09. The van der Waals surface area contributed by atoms with E-state index in [9.17, 15) is 9.59 Å². The second-order valence-corrected chi connectivity index (χ2v) is 7.89. The molecule has 1 N–H and O–H groups in total. The summed E-state index contributed by atoms with van der Waals surface area (Å²) in [6.07, 6.45) is 3.67. The van der Waals surface area contributed by atoms with Crippen molar-refractivity contribution in [3.05, 3.63) is 58.8 Å². The van der Waals surface area contributed by atoms with E-state index < -0.39 is 12.5 Å². The number of nitrogens with zero attached hydrogens (tertiary/aromatic N) is 2. The van der Waals surface area contributed by atoms with Crippen LogP contribution >= 0.6 is 24.0 Å². The van der Waals surface area contributed by atoms with Gasteiger partial charge in [0.05, 0.1) is 4.91 Å². The third kappa shape index (κ3) is 3.73. The average Bonchev–Trinajstić information content (AvgIpc) is 3.15. The maximum atomic E-state index is 12.4. The number of hydrogen-bond donors (Lipinski definition) is 1. The third-order valence-corrected chi connectivity index (χ3v) is 5.44. The number of amides is 1. The quantitative estimate of drug-likeness (QED) is 0.624. The van der Waals surface area contributed by atoms with Crippen molar-refractivity contribution in [1.29, 1.82) is 0 Å². The highest BCUT2D eigenvalue weighted by molar-refractivity contribution is 8.26. The maximum absolute atomic E-state index is 12.4. The summed E-state index contributed by atoms with van der Waals surface area (Å²) in [6, 6.07) is 12.1. The first-order chi connectivity index (χ1) is 12.4. The number of rotatable bonds is 5. The van der Waals surface area contributed by atoms with Gasteiger partial charge in [-0.15, -0.1) is 0 Å². The minimum absolute atomic E-state index is 0.267. The molecule has 1 fully saturated rings. The Morgan fingerprint density at radius 2 is 1.96 bits per heavy atom. The summed E-state index contributed by atoms with van der Waals surface area (Å²) in [5.74, 6) is -0.995. The van der Waals surface area contributed by atoms with Gasteiger partial charge in [-0.1, -0.05) is 50.0 Å². The van der Waals surface area contributed by atoms with Crippen LogP contribution < -0.4 is 0 Å². The number of thioether (sulfide) groups is 1. The van der Waals surface area contributed by atoms with Gasteiger partial charge in [0.15, 0.2) is 0 Å². The number of benzene rings is 1. The molecule has 0 spiro atoms. The summed E-state index contributed by atoms with van der Waals surface area (Å²) >= 11 is 6.26. The fourth-order valence-corrected chi connectivity index (χ4v) is 3.91. The lowest BCUT2D eigenvalue weighted by atomic mass is 10.0. The SMILES string of the molecule is CC(C)c1ccc(-n2cccc2C=C2SC(=S)N(CC(=O)O)C2=O)cc1. The molecule has 0 atom stereocenters. The van der Waals surface area contributed by atoms with Gasteiger partial charge >= 0.3 is 5.97 Å². The van der Waals surface area contributed by atoms with E-state index >= 15 is 0 Å². The topological polar surface area (TPSA) is 62.5 Å². The Hall–Kier alpha value is -2.38. The summed E-state index contributed by atoms with van der Waals surface area (Å²) < 4.78 is 2.25. The van der Waals surface area contributed by atoms with Crippen molar-refractivity contribution < 1.29 is 14.7 Å². The number of carboxylic acids is 1. The van der Waals surface area contributed by atoms with E-state index in [1.807, 2.05) is 35.0 Å². The number of aliphatic carboxylic acids is 1. The van der Waals surface area contributed by atoms with Crippen LogP contribution in [0.15, 0.2) is 47.5 Å². The van der Waals surface area contributed by atoms with Crippen molar-refractivity contribution in [2.45, 2.75) is 19.8 Å². The number of thiocarbonyl (C=S) groups is 1. The molecule has 2 heterocycles. The second-order valence-electron chi connectivity index (χ2n) is 6.21. The number of carbonyl (C=O) groups excluding carboxylic acids is 1. The molecule has 0 saturated carbocycles. The molecule has 0 radical (unpaired) electrons. The summed E-state index contributed by atoms with van der Waals surface area (Å²) in [7, 11) is 0. The highest BCUT2D eigenvalue weighted by atomic mass is 32.2. The standard InChI is InChI=1S/C19H18N2O3S2/c1-12(2)13-5-7-14(8-6-13)20-9-3-4-15(20)10-16-18(24)21(11-17(22)23)19(25)26-16/h3-10,12H,11H2,1-2H3,(H,22,23). The lowest BCUT2D eigenvalue weighted by molar-refractivity contribution is -0.140. The lowest BCUT2D eigenvalue weighted by Gasteiger charge is -2.11. The number of carboxylic acid groups (broad SMARTS) is 1. The van der Waals surface area contributed by atoms with E-state index in [-0.39, 0.29) is 10.2 Å². The second kappa shape index (κ2) is 7.47. The van der Waals surface area contributed by atoms with Crippen molar-refractivity contribution in [2.75, 3.05) is 6.54 Å². The van der Waals surface area contributed by atoms with Gasteiger partial charge in [-0.2, -0.15) is 0 Å². The largest absolute Gasteiger partial charge is 0.480 e. The van der Waals surface area contributed by atoms with Gasteiger partial charge in [0, 0.05) is 17.6 Å². The molecule has 5 nitrogen and oxygen atoms in total. The molecule has 0 bridgehead atoms. The summed E-state index contributed by atoms with van der Waals surface area (Å²) in [6.45, 7) is 3.88. The highest BCUT2D eigenvalue weighted by Crippen LogP contribution is 2.32. The van der Waals surface area contributed by atoms with Crippen molar-refractivity contribution >= 4 is 46.3 Å². The fraction of sp³-hybridized carbons (Fsp3) is 0.211. The first kappa shape index (κ1) is 18.4. The molecular formula is C19H18N2O3S2. The van der Waals surface area contributed by atoms with E-state index in [0.717, 1.165) is 28.0 Å². The number of aromatic nitrogens is 1. The summed E-state index contributed by atoms with van der Waals surface area (Å²) in [4.78, 5) is 24.9. The molecule has 0 unspecified atom stereocenters. The van der Waals surface area contributed by atoms with E-state index in [1.54, 1.807) is 6.08 Å². The van der Waals surface area contributed by atoms with Gasteiger partial charge < -0.3 is 9.67 Å². The average molecular weight is 386 g/mol. The van der Waals surface area contributed by atoms with Crippen LogP contribution in [0.2, 0.25) is 0 Å². The Kier molecular flexibility index (Phi) is 5.29. The van der Waals surface area contributed by atoms with Gasteiger partial charge in [-0.3, -0.25) is 14.5 Å². The predicted octanol–water partition coefficient (Wildman–Crippen LogP) is 3.89. The molecule has 1 aromatic heterocycles. The third-order valence-electron chi connectivity index (χ3n) is 4.06. The molecule has 134 valence electrons. The molecule has 26 heavy (non-hydrogen) atoms. The van der Waals surface area contributed by atoms with Gasteiger partial charge in [-0.25, -0.2) is 0 Å². The lowest BCUT2D eigenvalue weighted by Crippen LogP contribution is -2.33. The molecule has 1 saturated heterocycles. The smallest absolute Gasteiger partial charge is 0.323 e. The zero-order chi connectivity index (χ0) is 18.8. The van der Waals surface area contributed by atoms with Crippen molar-refractivity contribution in [1.82, 2.24) is 9.47 Å². The fourth-order valence-electron chi connectivity index (χ4n) is 2.67. The van der Waals surface area contributed by atoms with Crippen LogP contribution in [0.25, 0.3) is 11.8 Å². The minimum Gasteiger partial charge on any atom is -0.480 e. The summed E-state index contributed by atoms with van der Waals surface area (Å²) in [5, 5.41) is 8.92. The monoisotopic (exact) mass is 386 g/mol. The van der Waals surface area contributed by atoms with Crippen LogP contribution in [0.4, 0.5) is 0 Å². The van der Waals surface area contributed by atoms with E-state index in [1.165, 1.54) is 5.56 Å². The first-order valence-electron chi connectivity index (χ1n) is 8.11. The molecular weight excluding hydrogens is 368 g/mol. The molecule has 2 aromatic rings. The predicted molar refractivity (Wildman–Crippen MR) is 107 cm³/mol. The normalized spacial score (nSPS) is 16.1. The van der Waals surface area contributed by atoms with Crippen LogP contribution in [0.1, 0.15) is 31.0 Å². The zero-order valence-corrected chi connectivity index (χ0v) is 16.0. The van der Waals surface area contributed by atoms with E-state index in [0.29, 0.717) is 10.8 Å². The molecule has 3 rings (SSSR count). The van der Waals surface area contributed by atoms with Gasteiger partial charge in [0.2, 0.25) is 0 Å². The van der Waals surface area contributed by atoms with Gasteiger partial charge in [0.1, 0.15) is 10.9 Å². The Labute approximate surface area is 161 Å². The van der Waals surface area contributed by atoms with Crippen molar-refractivity contribution in [2.24, 2.45) is 0 Å². The van der Waals surface area contributed by atoms with Gasteiger partial charge in [-0.05, 0) is 41.8 Å². The van der Waals surface area contributed by atoms with Gasteiger partial charge in [0.25, 0.3) is 5.91 Å². The van der Waals surface area contributed by atoms with Crippen LogP contribution in [-0.2, 0) is 9.59 Å². The van der Waals surface area contributed by atoms with Crippen LogP contribution in [0.3, 0.4) is 0 Å². The molecule has 1 aliphatic heterocycles. The van der Waals surface area contributed by atoms with E-state index in [2.05, 4.69) is 26.0 Å². The Bertz CT molecular complexity index is 898. The summed E-state index contributed by atoms with van der Waals surface area (Å²) in [5.41, 5.74) is 3.08. The highest BCUT2D eigenvalue weighted by Gasteiger charge is 2.33. The number of hydrogen-bond acceptors (Lipinski definition) is 4. The molecule has 7 heteroatoms. The Morgan fingerprint density at radius 1 is 1.27 bits per heavy atom. The van der Waals surface area contributed by atoms with Crippen LogP contribution in [0.5, 0.6) is 0 Å². The maximum Gasteiger partial charge on any atom is 0.323 e. The molecule has 1 aliphatic rings. The number of carbonyl (C=O) groups is 2. The molecule has 1 amide bonds. The molecule has 1 aromatic carbocycles.